The molecule has 1 unspecified atom stereocenters. The Labute approximate surface area is 155 Å². The number of ether oxygens (including phenoxy) is 2. The molecule has 1 saturated heterocycles. The molecule has 0 saturated carbocycles. The number of rotatable bonds is 8. The zero-order valence-corrected chi connectivity index (χ0v) is 16.1. The maximum atomic E-state index is 12.9. The van der Waals surface area contributed by atoms with E-state index in [1.165, 1.54) is 0 Å². The first-order valence-electron chi connectivity index (χ1n) is 9.28. The highest BCUT2D eigenvalue weighted by Gasteiger charge is 2.48. The Hall–Kier alpha value is -2.24. The molecule has 0 aliphatic carbocycles. The lowest BCUT2D eigenvalue weighted by Crippen LogP contribution is -2.40. The van der Waals surface area contributed by atoms with Crippen LogP contribution in [-0.4, -0.2) is 48.2 Å². The average Bonchev–Trinajstić information content (AvgIpc) is 3.07. The number of amides is 1. The molecule has 6 heteroatoms. The number of hydrogen-bond acceptors (Lipinski definition) is 4. The zero-order valence-electron chi connectivity index (χ0n) is 16.1. The Morgan fingerprint density at radius 2 is 1.96 bits per heavy atom. The number of hydrogen-bond donors (Lipinski definition) is 1. The van der Waals surface area contributed by atoms with Crippen molar-refractivity contribution in [2.75, 3.05) is 26.3 Å². The summed E-state index contributed by atoms with van der Waals surface area (Å²) in [6.07, 6.45) is 1.36. The third kappa shape index (κ3) is 3.94. The van der Waals surface area contributed by atoms with E-state index in [-0.39, 0.29) is 18.4 Å². The van der Waals surface area contributed by atoms with Crippen molar-refractivity contribution in [1.82, 2.24) is 4.90 Å². The number of benzene rings is 1. The predicted octanol–water partition coefficient (Wildman–Crippen LogP) is 3.45. The first-order valence-corrected chi connectivity index (χ1v) is 9.28. The first kappa shape index (κ1) is 20.1. The molecular weight excluding hydrogens is 334 g/mol. The van der Waals surface area contributed by atoms with Gasteiger partial charge < -0.3 is 19.5 Å². The van der Waals surface area contributed by atoms with E-state index in [9.17, 15) is 14.7 Å². The third-order valence-electron chi connectivity index (χ3n) is 5.07. The average molecular weight is 363 g/mol. The second kappa shape index (κ2) is 8.43. The van der Waals surface area contributed by atoms with Crippen LogP contribution in [0.25, 0.3) is 0 Å². The molecule has 0 bridgehead atoms. The van der Waals surface area contributed by atoms with E-state index in [0.717, 1.165) is 6.42 Å². The highest BCUT2D eigenvalue weighted by molar-refractivity contribution is 5.95. The molecule has 1 heterocycles. The molecule has 6 nitrogen and oxygen atoms in total. The van der Waals surface area contributed by atoms with E-state index >= 15 is 0 Å². The van der Waals surface area contributed by atoms with Gasteiger partial charge in [0, 0.05) is 18.7 Å². The largest absolute Gasteiger partial charge is 0.490 e. The molecule has 1 amide bonds. The monoisotopic (exact) mass is 363 g/mol. The number of aliphatic carboxylic acids is 1. The molecule has 2 rings (SSSR count). The SMILES string of the molecule is CCCOc1ccc(C(=O)N2CCC(C(=O)O)(C(C)C)C2)cc1OCC. The molecule has 1 aromatic rings. The quantitative estimate of drug-likeness (QED) is 0.765. The Kier molecular flexibility index (Phi) is 6.51. The van der Waals surface area contributed by atoms with E-state index in [1.54, 1.807) is 23.1 Å². The summed E-state index contributed by atoms with van der Waals surface area (Å²) >= 11 is 0. The first-order chi connectivity index (χ1) is 12.4. The minimum atomic E-state index is -0.872. The van der Waals surface area contributed by atoms with E-state index in [4.69, 9.17) is 9.47 Å². The lowest BCUT2D eigenvalue weighted by atomic mass is 9.76. The Balaban J connectivity index is 2.22. The van der Waals surface area contributed by atoms with Gasteiger partial charge in [-0.25, -0.2) is 0 Å². The van der Waals surface area contributed by atoms with E-state index in [0.29, 0.717) is 43.2 Å². The van der Waals surface area contributed by atoms with Crippen molar-refractivity contribution in [3.8, 4) is 11.5 Å². The summed E-state index contributed by atoms with van der Waals surface area (Å²) in [6, 6.07) is 5.15. The molecule has 0 spiro atoms. The van der Waals surface area contributed by atoms with E-state index in [1.807, 2.05) is 27.7 Å². The van der Waals surface area contributed by atoms with Crippen LogP contribution in [-0.2, 0) is 4.79 Å². The molecule has 1 aliphatic rings. The fourth-order valence-corrected chi connectivity index (χ4v) is 3.32. The number of likely N-dealkylation sites (tertiary alicyclic amines) is 1. The van der Waals surface area contributed by atoms with Gasteiger partial charge in [-0.2, -0.15) is 0 Å². The second-order valence-electron chi connectivity index (χ2n) is 7.04. The highest BCUT2D eigenvalue weighted by Crippen LogP contribution is 2.39. The number of carbonyl (C=O) groups is 2. The fraction of sp³-hybridized carbons (Fsp3) is 0.600. The van der Waals surface area contributed by atoms with Crippen LogP contribution in [0.2, 0.25) is 0 Å². The maximum Gasteiger partial charge on any atom is 0.311 e. The van der Waals surface area contributed by atoms with Gasteiger partial charge in [0.25, 0.3) is 5.91 Å². The summed E-state index contributed by atoms with van der Waals surface area (Å²) in [5.74, 6) is 0.118. The topological polar surface area (TPSA) is 76.1 Å². The normalized spacial score (nSPS) is 19.7. The van der Waals surface area contributed by atoms with Gasteiger partial charge in [-0.3, -0.25) is 9.59 Å². The smallest absolute Gasteiger partial charge is 0.311 e. The lowest BCUT2D eigenvalue weighted by Gasteiger charge is -2.28. The molecule has 1 fully saturated rings. The standard InChI is InChI=1S/C20H29NO5/c1-5-11-26-16-8-7-15(12-17(16)25-6-2)18(22)21-10-9-20(13-21,14(3)4)19(23)24/h7-8,12,14H,5-6,9-11,13H2,1-4H3,(H,23,24). The minimum absolute atomic E-state index is 0.0402. The van der Waals surface area contributed by atoms with Crippen molar-refractivity contribution in [1.29, 1.82) is 0 Å². The molecule has 1 atom stereocenters. The van der Waals surface area contributed by atoms with Crippen molar-refractivity contribution in [2.24, 2.45) is 11.3 Å². The summed E-state index contributed by atoms with van der Waals surface area (Å²) in [7, 11) is 0. The van der Waals surface area contributed by atoms with Gasteiger partial charge in [0.1, 0.15) is 0 Å². The van der Waals surface area contributed by atoms with Crippen molar-refractivity contribution >= 4 is 11.9 Å². The van der Waals surface area contributed by atoms with E-state index in [2.05, 4.69) is 0 Å². The Morgan fingerprint density at radius 3 is 2.50 bits per heavy atom. The van der Waals surface area contributed by atoms with Gasteiger partial charge in [-0.05, 0) is 43.9 Å². The van der Waals surface area contributed by atoms with Crippen molar-refractivity contribution in [3.05, 3.63) is 23.8 Å². The molecule has 1 aliphatic heterocycles. The number of carboxylic acids is 1. The Bertz CT molecular complexity index is 658. The summed E-state index contributed by atoms with van der Waals surface area (Å²) in [4.78, 5) is 26.3. The highest BCUT2D eigenvalue weighted by atomic mass is 16.5. The molecule has 0 aromatic heterocycles. The van der Waals surface area contributed by atoms with Gasteiger partial charge >= 0.3 is 5.97 Å². The lowest BCUT2D eigenvalue weighted by molar-refractivity contribution is -0.150. The third-order valence-corrected chi connectivity index (χ3v) is 5.07. The maximum absolute atomic E-state index is 12.9. The van der Waals surface area contributed by atoms with Crippen LogP contribution < -0.4 is 9.47 Å². The van der Waals surface area contributed by atoms with Crippen molar-refractivity contribution < 1.29 is 24.2 Å². The molecular formula is C20H29NO5. The molecule has 0 radical (unpaired) electrons. The summed E-state index contributed by atoms with van der Waals surface area (Å²) < 4.78 is 11.3. The predicted molar refractivity (Wildman–Crippen MR) is 98.8 cm³/mol. The molecule has 144 valence electrons. The van der Waals surface area contributed by atoms with Gasteiger partial charge in [0.05, 0.1) is 18.6 Å². The zero-order chi connectivity index (χ0) is 19.3. The molecule has 1 aromatic carbocycles. The van der Waals surface area contributed by atoms with E-state index < -0.39 is 11.4 Å². The molecule has 26 heavy (non-hydrogen) atoms. The van der Waals surface area contributed by atoms with Gasteiger partial charge in [-0.15, -0.1) is 0 Å². The number of carboxylic acid groups (broad SMARTS) is 1. The van der Waals surface area contributed by atoms with Crippen LogP contribution in [0.3, 0.4) is 0 Å². The van der Waals surface area contributed by atoms with Gasteiger partial charge in [0.15, 0.2) is 11.5 Å². The van der Waals surface area contributed by atoms with Crippen molar-refractivity contribution in [2.45, 2.75) is 40.5 Å². The van der Waals surface area contributed by atoms with Gasteiger partial charge in [-0.1, -0.05) is 20.8 Å². The number of carbonyl (C=O) groups excluding carboxylic acids is 1. The van der Waals surface area contributed by atoms with Crippen LogP contribution in [0.1, 0.15) is 50.9 Å². The summed E-state index contributed by atoms with van der Waals surface area (Å²) in [5, 5.41) is 9.66. The van der Waals surface area contributed by atoms with Crippen LogP contribution in [0.5, 0.6) is 11.5 Å². The van der Waals surface area contributed by atoms with Crippen LogP contribution in [0.15, 0.2) is 18.2 Å². The minimum Gasteiger partial charge on any atom is -0.490 e. The number of nitrogens with zero attached hydrogens (tertiary/aromatic N) is 1. The van der Waals surface area contributed by atoms with Crippen molar-refractivity contribution in [3.63, 3.8) is 0 Å². The van der Waals surface area contributed by atoms with Crippen LogP contribution >= 0.6 is 0 Å². The van der Waals surface area contributed by atoms with Crippen LogP contribution in [0.4, 0.5) is 0 Å². The second-order valence-corrected chi connectivity index (χ2v) is 7.04. The fourth-order valence-electron chi connectivity index (χ4n) is 3.32. The van der Waals surface area contributed by atoms with Gasteiger partial charge in [0.2, 0.25) is 0 Å². The molecule has 1 N–H and O–H groups in total. The summed E-state index contributed by atoms with van der Waals surface area (Å²) in [5.41, 5.74) is -0.384. The van der Waals surface area contributed by atoms with Crippen LogP contribution in [0, 0.1) is 11.3 Å². The Morgan fingerprint density at radius 1 is 1.23 bits per heavy atom. The summed E-state index contributed by atoms with van der Waals surface area (Å²) in [6.45, 7) is 9.42.